The van der Waals surface area contributed by atoms with Crippen LogP contribution in [0.15, 0.2) is 22.8 Å². The average Bonchev–Trinajstić information content (AvgIpc) is 2.86. The van der Waals surface area contributed by atoms with Gasteiger partial charge in [-0.1, -0.05) is 0 Å². The van der Waals surface area contributed by atoms with Gasteiger partial charge in [-0.2, -0.15) is 0 Å². The summed E-state index contributed by atoms with van der Waals surface area (Å²) in [7, 11) is 0. The van der Waals surface area contributed by atoms with Gasteiger partial charge in [0.25, 0.3) is 0 Å². The molecule has 0 bridgehead atoms. The Morgan fingerprint density at radius 2 is 2.50 bits per heavy atom. The molecular formula is C10H10BrIN3O-. The van der Waals surface area contributed by atoms with Crippen LogP contribution in [0.1, 0.15) is 6.42 Å². The number of halogens is 2. The molecule has 2 N–H and O–H groups in total. The van der Waals surface area contributed by atoms with Gasteiger partial charge in [0, 0.05) is 0 Å². The van der Waals surface area contributed by atoms with Crippen molar-refractivity contribution in [1.82, 2.24) is 10.3 Å². The van der Waals surface area contributed by atoms with Crippen molar-refractivity contribution in [3.63, 3.8) is 0 Å². The summed E-state index contributed by atoms with van der Waals surface area (Å²) in [5.41, 5.74) is 0. The average molecular weight is 395 g/mol. The van der Waals surface area contributed by atoms with Crippen LogP contribution >= 0.6 is 15.9 Å². The van der Waals surface area contributed by atoms with E-state index in [1.54, 1.807) is 6.07 Å². The van der Waals surface area contributed by atoms with Crippen molar-refractivity contribution >= 4 is 27.7 Å². The van der Waals surface area contributed by atoms with E-state index in [4.69, 9.17) is 0 Å². The van der Waals surface area contributed by atoms with Crippen molar-refractivity contribution in [3.05, 3.63) is 22.8 Å². The van der Waals surface area contributed by atoms with Crippen molar-refractivity contribution < 1.29 is 26.0 Å². The van der Waals surface area contributed by atoms with Gasteiger partial charge in [0.05, 0.1) is 0 Å². The number of nitrogens with zero attached hydrogens (tertiary/aromatic N) is 1. The van der Waals surface area contributed by atoms with E-state index in [2.05, 4.69) is 31.5 Å². The second kappa shape index (κ2) is 4.23. The third kappa shape index (κ3) is 2.23. The van der Waals surface area contributed by atoms with Crippen molar-refractivity contribution in [2.24, 2.45) is 0 Å². The van der Waals surface area contributed by atoms with Crippen molar-refractivity contribution in [1.29, 1.82) is 0 Å². The molecule has 6 heteroatoms. The van der Waals surface area contributed by atoms with Gasteiger partial charge in [0.15, 0.2) is 0 Å². The standard InChI is InChI=1S/C10H10BrIN3O/c11-7-2-1-3-8(14-7)15-10(16)6-4-5-9(12-5)13-6/h1-3,5-6,9,13H,4H2,(H,14,15,16)/q-1/t5-,6+,9+/m1/s1. The number of pyridine rings is 1. The van der Waals surface area contributed by atoms with E-state index in [0.717, 1.165) is 14.9 Å². The zero-order valence-electron chi connectivity index (χ0n) is 8.28. The molecule has 16 heavy (non-hydrogen) atoms. The molecule has 0 radical (unpaired) electrons. The van der Waals surface area contributed by atoms with Crippen molar-refractivity contribution in [2.45, 2.75) is 20.4 Å². The van der Waals surface area contributed by atoms with Crippen molar-refractivity contribution in [3.8, 4) is 0 Å². The molecule has 2 aliphatic heterocycles. The van der Waals surface area contributed by atoms with Crippen LogP contribution in [-0.4, -0.2) is 24.9 Å². The van der Waals surface area contributed by atoms with Crippen LogP contribution in [-0.2, 0) is 4.79 Å². The summed E-state index contributed by atoms with van der Waals surface area (Å²) in [6.07, 6.45) is 1.01. The number of alkyl halides is 2. The van der Waals surface area contributed by atoms with Crippen molar-refractivity contribution in [2.75, 3.05) is 5.32 Å². The van der Waals surface area contributed by atoms with Gasteiger partial charge in [-0.25, -0.2) is 0 Å². The quantitative estimate of drug-likeness (QED) is 0.262. The summed E-state index contributed by atoms with van der Waals surface area (Å²) in [5, 5.41) is 6.20. The Kier molecular flexibility index (Phi) is 2.88. The first kappa shape index (κ1) is 10.9. The molecule has 3 atom stereocenters. The summed E-state index contributed by atoms with van der Waals surface area (Å²) in [4.78, 5) is 16.1. The Morgan fingerprint density at radius 1 is 1.62 bits per heavy atom. The molecule has 0 saturated carbocycles. The third-order valence-corrected chi connectivity index (χ3v) is 6.42. The molecule has 2 fully saturated rings. The van der Waals surface area contributed by atoms with E-state index in [1.807, 2.05) is 12.1 Å². The summed E-state index contributed by atoms with van der Waals surface area (Å²) >= 11 is 3.64. The molecule has 2 aliphatic rings. The molecule has 3 rings (SSSR count). The van der Waals surface area contributed by atoms with E-state index in [9.17, 15) is 4.79 Å². The first-order chi connectivity index (χ1) is 7.72. The van der Waals surface area contributed by atoms with Gasteiger partial charge in [-0.05, 0) is 0 Å². The Morgan fingerprint density at radius 3 is 3.19 bits per heavy atom. The molecule has 0 aliphatic carbocycles. The number of nitrogens with one attached hydrogen (secondary N) is 2. The van der Waals surface area contributed by atoms with Gasteiger partial charge in [0.2, 0.25) is 0 Å². The van der Waals surface area contributed by atoms with E-state index in [1.165, 1.54) is 0 Å². The molecule has 1 amide bonds. The normalized spacial score (nSPS) is 31.4. The molecule has 1 aromatic rings. The van der Waals surface area contributed by atoms with Gasteiger partial charge in [0.1, 0.15) is 0 Å². The molecule has 86 valence electrons. The van der Waals surface area contributed by atoms with E-state index in [0.29, 0.717) is 31.1 Å². The van der Waals surface area contributed by atoms with Crippen LogP contribution in [0.2, 0.25) is 0 Å². The predicted octanol–water partition coefficient (Wildman–Crippen LogP) is -2.06. The van der Waals surface area contributed by atoms with Gasteiger partial charge < -0.3 is 0 Å². The second-order valence-corrected chi connectivity index (χ2v) is 8.31. The van der Waals surface area contributed by atoms with E-state index in [-0.39, 0.29) is 11.9 Å². The molecule has 4 nitrogen and oxygen atoms in total. The van der Waals surface area contributed by atoms with Gasteiger partial charge >= 0.3 is 113 Å². The molecule has 2 saturated heterocycles. The summed E-state index contributed by atoms with van der Waals surface area (Å²) in [6, 6.07) is 5.48. The fourth-order valence-electron chi connectivity index (χ4n) is 1.80. The summed E-state index contributed by atoms with van der Waals surface area (Å²) < 4.78 is 2.27. The number of aromatic nitrogens is 1. The van der Waals surface area contributed by atoms with E-state index >= 15 is 0 Å². The van der Waals surface area contributed by atoms with Crippen LogP contribution in [0.5, 0.6) is 0 Å². The van der Waals surface area contributed by atoms with Crippen LogP contribution in [0.25, 0.3) is 0 Å². The first-order valence-electron chi connectivity index (χ1n) is 5.04. The Bertz CT molecular complexity index is 432. The van der Waals surface area contributed by atoms with E-state index < -0.39 is 0 Å². The second-order valence-electron chi connectivity index (χ2n) is 3.83. The number of amides is 1. The molecular weight excluding hydrogens is 385 g/mol. The Labute approximate surface area is 112 Å². The number of hydrogen-bond donors (Lipinski definition) is 2. The van der Waals surface area contributed by atoms with Crippen LogP contribution in [0.4, 0.5) is 5.82 Å². The fraction of sp³-hybridized carbons (Fsp3) is 0.400. The summed E-state index contributed by atoms with van der Waals surface area (Å²) in [5.74, 6) is 0.651. The molecule has 1 aromatic heterocycles. The molecule has 0 aromatic carbocycles. The first-order valence-corrected chi connectivity index (χ1v) is 8.32. The zero-order valence-corrected chi connectivity index (χ0v) is 12.0. The molecule has 3 heterocycles. The number of carbonyl (C=O) groups excluding carboxylic acids is 1. The van der Waals surface area contributed by atoms with Gasteiger partial charge in [-0.15, -0.1) is 0 Å². The molecule has 0 spiro atoms. The predicted molar refractivity (Wildman–Crippen MR) is 59.7 cm³/mol. The maximum absolute atomic E-state index is 11.9. The third-order valence-electron chi connectivity index (χ3n) is 2.65. The van der Waals surface area contributed by atoms with Crippen LogP contribution < -0.4 is 31.8 Å². The Balaban J connectivity index is 1.64. The minimum absolute atomic E-state index is 0.00997. The topological polar surface area (TPSA) is 54.0 Å². The Hall–Kier alpha value is -0.210. The SMILES string of the molecule is O=C(Nc1cccc(Br)n1)[C@@H]1C[C@H]2[I-][C@H]2N1. The number of carbonyl (C=O) groups is 1. The van der Waals surface area contributed by atoms with Crippen LogP contribution in [0, 0.1) is 0 Å². The zero-order chi connectivity index (χ0) is 11.1. The van der Waals surface area contributed by atoms with Gasteiger partial charge in [-0.3, -0.25) is 0 Å². The molecule has 0 unspecified atom stereocenters. The number of rotatable bonds is 2. The monoisotopic (exact) mass is 394 g/mol. The summed E-state index contributed by atoms with van der Waals surface area (Å²) in [6.45, 7) is 0. The number of fused-ring (bicyclic) bond motifs is 1. The fourth-order valence-corrected chi connectivity index (χ4v) is 4.85. The maximum atomic E-state index is 11.9. The number of hydrogen-bond acceptors (Lipinski definition) is 3. The number of anilines is 1. The van der Waals surface area contributed by atoms with Crippen LogP contribution in [0.3, 0.4) is 0 Å². The minimum atomic E-state index is -0.00997.